The van der Waals surface area contributed by atoms with Crippen molar-refractivity contribution in [2.75, 3.05) is 7.11 Å². The number of hydrogen-bond acceptors (Lipinski definition) is 5. The van der Waals surface area contributed by atoms with E-state index in [-0.39, 0.29) is 5.76 Å². The van der Waals surface area contributed by atoms with Crippen LogP contribution in [-0.4, -0.2) is 22.0 Å². The maximum atomic E-state index is 12.8. The van der Waals surface area contributed by atoms with Gasteiger partial charge in [-0.15, -0.1) is 0 Å². The highest BCUT2D eigenvalue weighted by Gasteiger charge is 2.22. The average Bonchev–Trinajstić information content (AvgIpc) is 3.27. The molecule has 0 radical (unpaired) electrons. The van der Waals surface area contributed by atoms with Crippen molar-refractivity contribution in [3.05, 3.63) is 95.3 Å². The fourth-order valence-corrected chi connectivity index (χ4v) is 3.53. The molecule has 0 aliphatic rings. The molecule has 0 amide bonds. The Bertz CT molecular complexity index is 1430. The molecule has 6 nitrogen and oxygen atoms in total. The van der Waals surface area contributed by atoms with Crippen LogP contribution < -0.4 is 10.2 Å². The van der Waals surface area contributed by atoms with Crippen molar-refractivity contribution in [3.8, 4) is 39.8 Å². The molecule has 152 valence electrons. The lowest BCUT2D eigenvalue weighted by Crippen LogP contribution is -2.02. The van der Waals surface area contributed by atoms with E-state index in [4.69, 9.17) is 14.3 Å². The van der Waals surface area contributed by atoms with Crippen molar-refractivity contribution in [1.29, 1.82) is 0 Å². The van der Waals surface area contributed by atoms with E-state index in [1.54, 1.807) is 42.3 Å². The van der Waals surface area contributed by atoms with Crippen LogP contribution in [0, 0.1) is 0 Å². The molecule has 31 heavy (non-hydrogen) atoms. The molecule has 0 spiro atoms. The van der Waals surface area contributed by atoms with E-state index in [1.807, 2.05) is 54.6 Å². The van der Waals surface area contributed by atoms with Gasteiger partial charge in [-0.1, -0.05) is 30.3 Å². The zero-order valence-corrected chi connectivity index (χ0v) is 16.6. The van der Waals surface area contributed by atoms with E-state index in [9.17, 15) is 9.90 Å². The molecule has 0 aliphatic carbocycles. The first-order chi connectivity index (χ1) is 15.2. The van der Waals surface area contributed by atoms with Gasteiger partial charge in [0, 0.05) is 11.8 Å². The van der Waals surface area contributed by atoms with Gasteiger partial charge in [-0.3, -0.25) is 4.79 Å². The Morgan fingerprint density at radius 2 is 1.65 bits per heavy atom. The Morgan fingerprint density at radius 1 is 0.935 bits per heavy atom. The van der Waals surface area contributed by atoms with Crippen LogP contribution in [0.5, 0.6) is 11.5 Å². The molecule has 3 aromatic carbocycles. The summed E-state index contributed by atoms with van der Waals surface area (Å²) in [4.78, 5) is 12.8. The van der Waals surface area contributed by atoms with Crippen molar-refractivity contribution in [3.63, 3.8) is 0 Å². The van der Waals surface area contributed by atoms with Crippen LogP contribution >= 0.6 is 0 Å². The summed E-state index contributed by atoms with van der Waals surface area (Å²) in [6.45, 7) is 0. The first kappa shape index (κ1) is 18.7. The summed E-state index contributed by atoms with van der Waals surface area (Å²) in [6.07, 6.45) is 1.75. The summed E-state index contributed by atoms with van der Waals surface area (Å²) in [5, 5.41) is 15.8. The number of hydrogen-bond donors (Lipinski definition) is 1. The molecule has 0 unspecified atom stereocenters. The molecule has 0 fully saturated rings. The standard InChI is InChI=1S/C25H18N2O4/c1-30-18-13-11-16(12-14-18)22-20(15-27(26-22)17-7-3-2-4-8-17)25-24(29)23(28)19-9-5-6-10-21(19)31-25/h2-15,29H,1H3. The second kappa shape index (κ2) is 7.50. The summed E-state index contributed by atoms with van der Waals surface area (Å²) in [5.74, 6) is 0.352. The van der Waals surface area contributed by atoms with Crippen molar-refractivity contribution in [2.45, 2.75) is 0 Å². The molecule has 1 N–H and O–H groups in total. The van der Waals surface area contributed by atoms with E-state index in [1.165, 1.54) is 0 Å². The number of fused-ring (bicyclic) bond motifs is 1. The van der Waals surface area contributed by atoms with Crippen LogP contribution in [-0.2, 0) is 0 Å². The zero-order valence-electron chi connectivity index (χ0n) is 16.6. The monoisotopic (exact) mass is 410 g/mol. The molecule has 0 saturated carbocycles. The Hall–Kier alpha value is -4.32. The van der Waals surface area contributed by atoms with E-state index in [0.29, 0.717) is 28.0 Å². The van der Waals surface area contributed by atoms with Crippen molar-refractivity contribution in [2.24, 2.45) is 0 Å². The quantitative estimate of drug-likeness (QED) is 0.450. The maximum Gasteiger partial charge on any atom is 0.235 e. The average molecular weight is 410 g/mol. The predicted octanol–water partition coefficient (Wildman–Crippen LogP) is 5.03. The summed E-state index contributed by atoms with van der Waals surface area (Å²) >= 11 is 0. The van der Waals surface area contributed by atoms with Crippen LogP contribution in [0.4, 0.5) is 0 Å². The molecule has 0 saturated heterocycles. The number of rotatable bonds is 4. The molecule has 2 aromatic heterocycles. The van der Waals surface area contributed by atoms with E-state index >= 15 is 0 Å². The lowest BCUT2D eigenvalue weighted by Gasteiger charge is -2.07. The van der Waals surface area contributed by atoms with Gasteiger partial charge in [0.2, 0.25) is 11.2 Å². The summed E-state index contributed by atoms with van der Waals surface area (Å²) in [7, 11) is 1.60. The van der Waals surface area contributed by atoms with Crippen LogP contribution in [0.15, 0.2) is 94.3 Å². The fraction of sp³-hybridized carbons (Fsp3) is 0.0400. The van der Waals surface area contributed by atoms with Crippen molar-refractivity contribution < 1.29 is 14.3 Å². The Labute approximate surface area is 177 Å². The highest BCUT2D eigenvalue weighted by atomic mass is 16.5. The number of ether oxygens (including phenoxy) is 1. The van der Waals surface area contributed by atoms with Crippen molar-refractivity contribution >= 4 is 11.0 Å². The highest BCUT2D eigenvalue weighted by Crippen LogP contribution is 2.37. The van der Waals surface area contributed by atoms with Gasteiger partial charge in [0.1, 0.15) is 17.0 Å². The van der Waals surface area contributed by atoms with Crippen LogP contribution in [0.2, 0.25) is 0 Å². The second-order valence-corrected chi connectivity index (χ2v) is 7.01. The maximum absolute atomic E-state index is 12.8. The number of aromatic hydroxyl groups is 1. The van der Waals surface area contributed by atoms with Gasteiger partial charge in [0.05, 0.1) is 23.7 Å². The van der Waals surface area contributed by atoms with Gasteiger partial charge in [-0.05, 0) is 48.5 Å². The molecule has 0 atom stereocenters. The summed E-state index contributed by atoms with van der Waals surface area (Å²) in [6, 6.07) is 23.8. The zero-order chi connectivity index (χ0) is 21.4. The third-order valence-electron chi connectivity index (χ3n) is 5.12. The van der Waals surface area contributed by atoms with Gasteiger partial charge >= 0.3 is 0 Å². The van der Waals surface area contributed by atoms with E-state index in [0.717, 1.165) is 11.3 Å². The van der Waals surface area contributed by atoms with Crippen LogP contribution in [0.1, 0.15) is 0 Å². The first-order valence-corrected chi connectivity index (χ1v) is 9.70. The molecular weight excluding hydrogens is 392 g/mol. The minimum absolute atomic E-state index is 0.0803. The number of methoxy groups -OCH3 is 1. The Morgan fingerprint density at radius 3 is 2.39 bits per heavy atom. The summed E-state index contributed by atoms with van der Waals surface area (Å²) < 4.78 is 12.9. The number of benzene rings is 3. The molecule has 5 rings (SSSR count). The third-order valence-corrected chi connectivity index (χ3v) is 5.12. The van der Waals surface area contributed by atoms with Crippen molar-refractivity contribution in [1.82, 2.24) is 9.78 Å². The second-order valence-electron chi connectivity index (χ2n) is 7.01. The molecule has 6 heteroatoms. The van der Waals surface area contributed by atoms with E-state index in [2.05, 4.69) is 0 Å². The largest absolute Gasteiger partial charge is 0.502 e. The topological polar surface area (TPSA) is 77.5 Å². The van der Waals surface area contributed by atoms with Crippen LogP contribution in [0.3, 0.4) is 0 Å². The van der Waals surface area contributed by atoms with Gasteiger partial charge in [-0.2, -0.15) is 5.10 Å². The first-order valence-electron chi connectivity index (χ1n) is 9.70. The highest BCUT2D eigenvalue weighted by molar-refractivity contribution is 5.86. The molecule has 5 aromatic rings. The third kappa shape index (κ3) is 3.24. The van der Waals surface area contributed by atoms with Gasteiger partial charge < -0.3 is 14.3 Å². The normalized spacial score (nSPS) is 11.0. The lowest BCUT2D eigenvalue weighted by atomic mass is 10.0. The number of para-hydroxylation sites is 2. The Kier molecular flexibility index (Phi) is 4.52. The van der Waals surface area contributed by atoms with Gasteiger partial charge in [0.25, 0.3) is 0 Å². The summed E-state index contributed by atoms with van der Waals surface area (Å²) in [5.41, 5.74) is 2.62. The smallest absolute Gasteiger partial charge is 0.235 e. The lowest BCUT2D eigenvalue weighted by molar-refractivity contribution is 0.415. The SMILES string of the molecule is COc1ccc(-c2nn(-c3ccccc3)cc2-c2oc3ccccc3c(=O)c2O)cc1. The fourth-order valence-electron chi connectivity index (χ4n) is 3.53. The molecular formula is C25H18N2O4. The van der Waals surface area contributed by atoms with E-state index < -0.39 is 11.2 Å². The Balaban J connectivity index is 1.78. The predicted molar refractivity (Wildman–Crippen MR) is 119 cm³/mol. The number of nitrogens with zero attached hydrogens (tertiary/aromatic N) is 2. The van der Waals surface area contributed by atoms with Gasteiger partial charge in [0.15, 0.2) is 5.76 Å². The molecule has 0 bridgehead atoms. The minimum atomic E-state index is -0.481. The number of aromatic nitrogens is 2. The van der Waals surface area contributed by atoms with Gasteiger partial charge in [-0.25, -0.2) is 4.68 Å². The minimum Gasteiger partial charge on any atom is -0.502 e. The molecule has 2 heterocycles. The van der Waals surface area contributed by atoms with Crippen LogP contribution in [0.25, 0.3) is 39.2 Å². The molecule has 0 aliphatic heterocycles.